The Kier molecular flexibility index (Phi) is 4.51. The van der Waals surface area contributed by atoms with Crippen molar-refractivity contribution in [3.8, 4) is 5.88 Å². The van der Waals surface area contributed by atoms with Gasteiger partial charge in [-0.2, -0.15) is 0 Å². The molecule has 0 fully saturated rings. The molecule has 0 aliphatic carbocycles. The van der Waals surface area contributed by atoms with Gasteiger partial charge in [-0.15, -0.1) is 24.8 Å². The molecule has 0 saturated heterocycles. The Labute approximate surface area is 107 Å². The highest BCUT2D eigenvalue weighted by atomic mass is 35.5. The van der Waals surface area contributed by atoms with Crippen molar-refractivity contribution in [1.82, 2.24) is 4.98 Å². The molecule has 0 radical (unpaired) electrons. The number of pyridine rings is 1. The van der Waals surface area contributed by atoms with Crippen LogP contribution in [0.15, 0.2) is 6.20 Å². The highest BCUT2D eigenvalue weighted by Gasteiger charge is 2.35. The minimum absolute atomic E-state index is 0.362. The Bertz CT molecular complexity index is 491. The third-order valence-corrected chi connectivity index (χ3v) is 2.25. The maximum absolute atomic E-state index is 12.8. The van der Waals surface area contributed by atoms with Crippen molar-refractivity contribution in [1.29, 1.82) is 0 Å². The summed E-state index contributed by atoms with van der Waals surface area (Å²) in [6.07, 6.45) is -8.13. The van der Waals surface area contributed by atoms with Gasteiger partial charge < -0.3 is 9.84 Å². The van der Waals surface area contributed by atoms with Crippen molar-refractivity contribution >= 4 is 17.6 Å². The van der Waals surface area contributed by atoms with E-state index in [0.717, 1.165) is 0 Å². The van der Waals surface area contributed by atoms with E-state index in [1.54, 1.807) is 0 Å². The van der Waals surface area contributed by atoms with Crippen LogP contribution in [0.1, 0.15) is 27.9 Å². The lowest BCUT2D eigenvalue weighted by Crippen LogP contribution is -2.20. The number of ether oxygens (including phenoxy) is 1. The number of carboxylic acids is 1. The third-order valence-electron chi connectivity index (χ3n) is 1.98. The normalized spacial score (nSPS) is 11.7. The fourth-order valence-electron chi connectivity index (χ4n) is 1.29. The van der Waals surface area contributed by atoms with Gasteiger partial charge in [0, 0.05) is 17.3 Å². The number of hydrogen-bond donors (Lipinski definition) is 1. The average Bonchev–Trinajstić information content (AvgIpc) is 2.25. The molecule has 1 heterocycles. The van der Waals surface area contributed by atoms with Gasteiger partial charge in [0.1, 0.15) is 0 Å². The van der Waals surface area contributed by atoms with E-state index in [1.807, 2.05) is 0 Å². The first-order valence-corrected chi connectivity index (χ1v) is 5.05. The minimum atomic E-state index is -5.15. The Morgan fingerprint density at radius 2 is 2.05 bits per heavy atom. The molecule has 0 amide bonds. The second-order valence-corrected chi connectivity index (χ2v) is 3.42. The fourth-order valence-corrected chi connectivity index (χ4v) is 1.55. The molecule has 0 aliphatic heterocycles. The van der Waals surface area contributed by atoms with Crippen LogP contribution in [-0.4, -0.2) is 22.4 Å². The smallest absolute Gasteiger partial charge is 0.478 e. The molecular weight excluding hydrogens is 301 g/mol. The van der Waals surface area contributed by atoms with E-state index in [1.165, 1.54) is 0 Å². The summed E-state index contributed by atoms with van der Waals surface area (Å²) in [7, 11) is 0. The lowest BCUT2D eigenvalue weighted by atomic mass is 10.1. The molecule has 0 saturated carbocycles. The summed E-state index contributed by atoms with van der Waals surface area (Å²) in [6.45, 7) is 0. The lowest BCUT2D eigenvalue weighted by Gasteiger charge is -2.15. The second-order valence-electron chi connectivity index (χ2n) is 3.16. The number of aromatic nitrogens is 1. The number of hydrogen-bond acceptors (Lipinski definition) is 3. The van der Waals surface area contributed by atoms with Crippen molar-refractivity contribution in [2.45, 2.75) is 18.7 Å². The molecule has 0 atom stereocenters. The lowest BCUT2D eigenvalue weighted by molar-refractivity contribution is -0.276. The molecule has 19 heavy (non-hydrogen) atoms. The maximum atomic E-state index is 12.8. The van der Waals surface area contributed by atoms with Gasteiger partial charge in [-0.05, 0) is 0 Å². The van der Waals surface area contributed by atoms with Crippen LogP contribution >= 0.6 is 11.6 Å². The van der Waals surface area contributed by atoms with Crippen LogP contribution in [0.3, 0.4) is 0 Å². The molecule has 1 N–H and O–H groups in total. The summed E-state index contributed by atoms with van der Waals surface area (Å²) in [5.74, 6) is -3.75. The molecule has 10 heteroatoms. The molecule has 0 bridgehead atoms. The van der Waals surface area contributed by atoms with Crippen molar-refractivity contribution in [3.05, 3.63) is 22.9 Å². The molecule has 1 aromatic rings. The van der Waals surface area contributed by atoms with Gasteiger partial charge in [-0.3, -0.25) is 0 Å². The summed E-state index contributed by atoms with van der Waals surface area (Å²) in [4.78, 5) is 13.8. The molecule has 1 rings (SSSR count). The first-order valence-electron chi connectivity index (χ1n) is 4.52. The zero-order valence-corrected chi connectivity index (χ0v) is 9.60. The van der Waals surface area contributed by atoms with E-state index in [2.05, 4.69) is 9.72 Å². The van der Waals surface area contributed by atoms with E-state index in [9.17, 15) is 26.7 Å². The highest BCUT2D eigenvalue weighted by Crippen LogP contribution is 2.34. The number of alkyl halides is 6. The molecule has 0 unspecified atom stereocenters. The molecule has 4 nitrogen and oxygen atoms in total. The second kappa shape index (κ2) is 5.55. The van der Waals surface area contributed by atoms with Crippen LogP contribution < -0.4 is 4.74 Å². The topological polar surface area (TPSA) is 59.4 Å². The van der Waals surface area contributed by atoms with Crippen molar-refractivity contribution < 1.29 is 36.6 Å². The zero-order chi connectivity index (χ0) is 14.8. The first kappa shape index (κ1) is 15.4. The number of carboxylic acid groups (broad SMARTS) is 1. The van der Waals surface area contributed by atoms with Crippen molar-refractivity contribution in [2.75, 3.05) is 0 Å². The quantitative estimate of drug-likeness (QED) is 0.684. The average molecular weight is 306 g/mol. The summed E-state index contributed by atoms with van der Waals surface area (Å²) in [5.41, 5.74) is -2.88. The summed E-state index contributed by atoms with van der Waals surface area (Å²) < 4.78 is 65.1. The Morgan fingerprint density at radius 3 is 2.42 bits per heavy atom. The van der Waals surface area contributed by atoms with Gasteiger partial charge in [0.2, 0.25) is 5.88 Å². The number of rotatable bonds is 4. The standard InChI is InChI=1S/C9H5ClF5NO3/c10-1-3-5(6(11)12)4(8(17)18)2-16-7(3)19-9(13,14)15/h2,6H,1H2,(H,17,18). The van der Waals surface area contributed by atoms with Crippen molar-refractivity contribution in [2.24, 2.45) is 0 Å². The van der Waals surface area contributed by atoms with E-state index in [4.69, 9.17) is 16.7 Å². The van der Waals surface area contributed by atoms with Crippen molar-refractivity contribution in [3.63, 3.8) is 0 Å². The third kappa shape index (κ3) is 3.66. The van der Waals surface area contributed by atoms with Crippen LogP contribution in [0.4, 0.5) is 22.0 Å². The predicted octanol–water partition coefficient (Wildman–Crippen LogP) is 3.35. The van der Waals surface area contributed by atoms with Gasteiger partial charge in [0.25, 0.3) is 6.43 Å². The van der Waals surface area contributed by atoms with E-state index < -0.39 is 47.2 Å². The monoisotopic (exact) mass is 305 g/mol. The molecule has 1 aromatic heterocycles. The number of carbonyl (C=O) groups is 1. The Morgan fingerprint density at radius 1 is 1.47 bits per heavy atom. The summed E-state index contributed by atoms with van der Waals surface area (Å²) in [6, 6.07) is 0. The van der Waals surface area contributed by atoms with Gasteiger partial charge in [-0.25, -0.2) is 18.6 Å². The maximum Gasteiger partial charge on any atom is 0.574 e. The summed E-state index contributed by atoms with van der Waals surface area (Å²) >= 11 is 5.27. The Hall–Kier alpha value is -1.64. The molecule has 0 aliphatic rings. The number of halogens is 6. The van der Waals surface area contributed by atoms with Crippen LogP contribution in [0.5, 0.6) is 5.88 Å². The highest BCUT2D eigenvalue weighted by molar-refractivity contribution is 6.17. The largest absolute Gasteiger partial charge is 0.574 e. The van der Waals surface area contributed by atoms with Crippen LogP contribution in [0.2, 0.25) is 0 Å². The molecular formula is C9H5ClF5NO3. The number of aromatic carboxylic acids is 1. The van der Waals surface area contributed by atoms with E-state index in [0.29, 0.717) is 6.20 Å². The van der Waals surface area contributed by atoms with E-state index >= 15 is 0 Å². The van der Waals surface area contributed by atoms with Gasteiger partial charge >= 0.3 is 12.3 Å². The molecule has 106 valence electrons. The number of nitrogens with zero attached hydrogens (tertiary/aromatic N) is 1. The van der Waals surface area contributed by atoms with Crippen LogP contribution in [0.25, 0.3) is 0 Å². The predicted molar refractivity (Wildman–Crippen MR) is 52.4 cm³/mol. The minimum Gasteiger partial charge on any atom is -0.478 e. The van der Waals surface area contributed by atoms with Crippen LogP contribution in [0, 0.1) is 0 Å². The fraction of sp³-hybridized carbons (Fsp3) is 0.333. The van der Waals surface area contributed by atoms with Gasteiger partial charge in [0.15, 0.2) is 0 Å². The Balaban J connectivity index is 3.45. The SMILES string of the molecule is O=C(O)c1cnc(OC(F)(F)F)c(CCl)c1C(F)F. The zero-order valence-electron chi connectivity index (χ0n) is 8.84. The molecule has 0 spiro atoms. The van der Waals surface area contributed by atoms with Crippen LogP contribution in [-0.2, 0) is 5.88 Å². The summed E-state index contributed by atoms with van der Waals surface area (Å²) in [5, 5.41) is 8.68. The van der Waals surface area contributed by atoms with Gasteiger partial charge in [-0.1, -0.05) is 0 Å². The molecule has 0 aromatic carbocycles. The van der Waals surface area contributed by atoms with Gasteiger partial charge in [0.05, 0.1) is 11.4 Å². The van der Waals surface area contributed by atoms with E-state index in [-0.39, 0.29) is 0 Å². The first-order chi connectivity index (χ1) is 8.67.